The van der Waals surface area contributed by atoms with Crippen LogP contribution in [0.5, 0.6) is 0 Å². The maximum atomic E-state index is 5.32. The van der Waals surface area contributed by atoms with Gasteiger partial charge in [0.15, 0.2) is 5.96 Å². The Kier molecular flexibility index (Phi) is 18.9. The topological polar surface area (TPSA) is 64.1 Å². The molecule has 0 aromatic carbocycles. The lowest BCUT2D eigenvalue weighted by atomic mass is 10.6. The van der Waals surface area contributed by atoms with Crippen LogP contribution in [0.3, 0.4) is 0 Å². The SMILES string of the molecule is CCOCCNC(=NC)NCCOCCOC.I. The Labute approximate surface area is 127 Å². The quantitative estimate of drug-likeness (QED) is 0.252. The number of nitrogens with one attached hydrogen (secondary N) is 2. The number of methoxy groups -OCH3 is 1. The van der Waals surface area contributed by atoms with Crippen molar-refractivity contribution in [2.75, 3.05) is 60.3 Å². The van der Waals surface area contributed by atoms with Crippen LogP contribution in [0.2, 0.25) is 0 Å². The number of hydrogen-bond donors (Lipinski definition) is 2. The lowest BCUT2D eigenvalue weighted by Crippen LogP contribution is -2.40. The number of aliphatic imine (C=N–C) groups is 1. The van der Waals surface area contributed by atoms with Crippen molar-refractivity contribution in [2.45, 2.75) is 6.92 Å². The summed E-state index contributed by atoms with van der Waals surface area (Å²) in [5.41, 5.74) is 0. The van der Waals surface area contributed by atoms with Gasteiger partial charge < -0.3 is 24.8 Å². The third-order valence-corrected chi connectivity index (χ3v) is 1.94. The first-order valence-electron chi connectivity index (χ1n) is 5.94. The van der Waals surface area contributed by atoms with Gasteiger partial charge in [0, 0.05) is 33.9 Å². The summed E-state index contributed by atoms with van der Waals surface area (Å²) in [6.07, 6.45) is 0. The molecule has 0 aliphatic carbocycles. The van der Waals surface area contributed by atoms with Crippen molar-refractivity contribution in [3.05, 3.63) is 0 Å². The molecule has 0 radical (unpaired) electrons. The predicted molar refractivity (Wildman–Crippen MR) is 84.0 cm³/mol. The molecule has 0 atom stereocenters. The van der Waals surface area contributed by atoms with Crippen LogP contribution in [0.1, 0.15) is 6.92 Å². The highest BCUT2D eigenvalue weighted by Crippen LogP contribution is 1.76. The number of nitrogens with zero attached hydrogens (tertiary/aromatic N) is 1. The summed E-state index contributed by atoms with van der Waals surface area (Å²) in [6.45, 7) is 6.74. The van der Waals surface area contributed by atoms with Gasteiger partial charge in [-0.2, -0.15) is 0 Å². The molecular weight excluding hydrogens is 349 g/mol. The highest BCUT2D eigenvalue weighted by molar-refractivity contribution is 14.0. The fraction of sp³-hybridized carbons (Fsp3) is 0.909. The van der Waals surface area contributed by atoms with Gasteiger partial charge in [0.1, 0.15) is 0 Å². The van der Waals surface area contributed by atoms with E-state index >= 15 is 0 Å². The third kappa shape index (κ3) is 13.9. The minimum Gasteiger partial charge on any atom is -0.382 e. The number of halogens is 1. The Balaban J connectivity index is 0. The second-order valence-electron chi connectivity index (χ2n) is 3.23. The number of rotatable bonds is 10. The van der Waals surface area contributed by atoms with Crippen molar-refractivity contribution in [1.82, 2.24) is 10.6 Å². The standard InChI is InChI=1S/C11H25N3O3.HI/c1-4-16-7-5-13-11(12-2)14-6-8-17-10-9-15-3;/h4-10H2,1-3H3,(H2,12,13,14);1H. The lowest BCUT2D eigenvalue weighted by molar-refractivity contribution is 0.0733. The van der Waals surface area contributed by atoms with Gasteiger partial charge in [-0.25, -0.2) is 0 Å². The van der Waals surface area contributed by atoms with E-state index in [0.717, 1.165) is 25.7 Å². The van der Waals surface area contributed by atoms with Crippen LogP contribution in [0.4, 0.5) is 0 Å². The maximum Gasteiger partial charge on any atom is 0.191 e. The van der Waals surface area contributed by atoms with Crippen LogP contribution < -0.4 is 10.6 Å². The molecule has 0 aliphatic rings. The van der Waals surface area contributed by atoms with E-state index in [0.29, 0.717) is 26.4 Å². The van der Waals surface area contributed by atoms with E-state index in [1.165, 1.54) is 0 Å². The summed E-state index contributed by atoms with van der Waals surface area (Å²) in [5, 5.41) is 6.28. The van der Waals surface area contributed by atoms with E-state index in [1.807, 2.05) is 6.92 Å². The molecule has 0 rings (SSSR count). The van der Waals surface area contributed by atoms with Crippen LogP contribution in [0.15, 0.2) is 4.99 Å². The van der Waals surface area contributed by atoms with Gasteiger partial charge >= 0.3 is 0 Å². The summed E-state index contributed by atoms with van der Waals surface area (Å²) in [6, 6.07) is 0. The van der Waals surface area contributed by atoms with Gasteiger partial charge in [0.05, 0.1) is 26.4 Å². The first kappa shape index (κ1) is 20.2. The minimum atomic E-state index is 0. The van der Waals surface area contributed by atoms with Crippen LogP contribution >= 0.6 is 24.0 Å². The first-order chi connectivity index (χ1) is 8.35. The molecule has 6 nitrogen and oxygen atoms in total. The highest BCUT2D eigenvalue weighted by Gasteiger charge is 1.95. The molecule has 0 saturated heterocycles. The monoisotopic (exact) mass is 375 g/mol. The second-order valence-corrected chi connectivity index (χ2v) is 3.23. The van der Waals surface area contributed by atoms with E-state index in [1.54, 1.807) is 14.2 Å². The molecule has 0 bridgehead atoms. The Bertz CT molecular complexity index is 194. The van der Waals surface area contributed by atoms with Crippen LogP contribution in [-0.2, 0) is 14.2 Å². The fourth-order valence-electron chi connectivity index (χ4n) is 1.09. The number of ether oxygens (including phenoxy) is 3. The Morgan fingerprint density at radius 3 is 2.11 bits per heavy atom. The van der Waals surface area contributed by atoms with Crippen molar-refractivity contribution in [3.8, 4) is 0 Å². The summed E-state index contributed by atoms with van der Waals surface area (Å²) < 4.78 is 15.4. The Morgan fingerprint density at radius 2 is 1.61 bits per heavy atom. The van der Waals surface area contributed by atoms with E-state index in [9.17, 15) is 0 Å². The molecule has 0 heterocycles. The molecule has 0 aromatic heterocycles. The van der Waals surface area contributed by atoms with Gasteiger partial charge in [0.2, 0.25) is 0 Å². The maximum absolute atomic E-state index is 5.32. The zero-order valence-corrected chi connectivity index (χ0v) is 13.9. The largest absolute Gasteiger partial charge is 0.382 e. The van der Waals surface area contributed by atoms with Crippen molar-refractivity contribution in [2.24, 2.45) is 4.99 Å². The molecule has 0 amide bonds. The summed E-state index contributed by atoms with van der Waals surface area (Å²) >= 11 is 0. The smallest absolute Gasteiger partial charge is 0.191 e. The first-order valence-corrected chi connectivity index (χ1v) is 5.94. The summed E-state index contributed by atoms with van der Waals surface area (Å²) in [7, 11) is 3.40. The van der Waals surface area contributed by atoms with E-state index in [-0.39, 0.29) is 24.0 Å². The van der Waals surface area contributed by atoms with Gasteiger partial charge in [-0.1, -0.05) is 0 Å². The number of hydrogen-bond acceptors (Lipinski definition) is 4. The normalized spacial score (nSPS) is 10.9. The van der Waals surface area contributed by atoms with E-state index < -0.39 is 0 Å². The minimum absolute atomic E-state index is 0. The van der Waals surface area contributed by atoms with Crippen molar-refractivity contribution >= 4 is 29.9 Å². The molecule has 0 fully saturated rings. The molecule has 110 valence electrons. The molecule has 18 heavy (non-hydrogen) atoms. The second kappa shape index (κ2) is 16.9. The van der Waals surface area contributed by atoms with Crippen LogP contribution in [0.25, 0.3) is 0 Å². The van der Waals surface area contributed by atoms with Gasteiger partial charge in [0.25, 0.3) is 0 Å². The fourth-order valence-corrected chi connectivity index (χ4v) is 1.09. The number of guanidine groups is 1. The Hall–Kier alpha value is -0.120. The Morgan fingerprint density at radius 1 is 1.00 bits per heavy atom. The summed E-state index contributed by atoms with van der Waals surface area (Å²) in [4.78, 5) is 4.08. The zero-order valence-electron chi connectivity index (χ0n) is 11.5. The predicted octanol–water partition coefficient (Wildman–Crippen LogP) is 0.469. The molecule has 7 heteroatoms. The van der Waals surface area contributed by atoms with Crippen molar-refractivity contribution in [3.63, 3.8) is 0 Å². The molecule has 2 N–H and O–H groups in total. The average Bonchev–Trinajstić information content (AvgIpc) is 2.36. The molecule has 0 spiro atoms. The highest BCUT2D eigenvalue weighted by atomic mass is 127. The molecular formula is C11H26IN3O3. The molecule has 0 saturated carbocycles. The van der Waals surface area contributed by atoms with Gasteiger partial charge in [-0.05, 0) is 6.92 Å². The average molecular weight is 375 g/mol. The van der Waals surface area contributed by atoms with Crippen molar-refractivity contribution < 1.29 is 14.2 Å². The molecule has 0 unspecified atom stereocenters. The van der Waals surface area contributed by atoms with Crippen LogP contribution in [-0.4, -0.2) is 66.2 Å². The van der Waals surface area contributed by atoms with Crippen LogP contribution in [0, 0.1) is 0 Å². The van der Waals surface area contributed by atoms with E-state index in [4.69, 9.17) is 14.2 Å². The zero-order chi connectivity index (χ0) is 12.8. The van der Waals surface area contributed by atoms with E-state index in [2.05, 4.69) is 15.6 Å². The molecule has 0 aliphatic heterocycles. The van der Waals surface area contributed by atoms with Gasteiger partial charge in [-0.15, -0.1) is 24.0 Å². The lowest BCUT2D eigenvalue weighted by Gasteiger charge is -2.11. The summed E-state index contributed by atoms with van der Waals surface area (Å²) in [5.74, 6) is 0.764. The third-order valence-electron chi connectivity index (χ3n) is 1.94. The van der Waals surface area contributed by atoms with Crippen molar-refractivity contribution in [1.29, 1.82) is 0 Å². The van der Waals surface area contributed by atoms with Gasteiger partial charge in [-0.3, -0.25) is 4.99 Å². The molecule has 0 aromatic rings.